The van der Waals surface area contributed by atoms with Crippen LogP contribution in [0.1, 0.15) is 23.7 Å². The van der Waals surface area contributed by atoms with E-state index in [4.69, 9.17) is 5.73 Å². The molecule has 0 spiro atoms. The standard InChI is InChI=1S/C15H16FN5S/c1-3-12-9(2)18-14(17)21-13(12)19-20-15(21)22-8-10-4-6-11(16)7-5-10/h4-7H,3,8H2,1-2H3,(H2,17,18). The highest BCUT2D eigenvalue weighted by atomic mass is 32.2. The molecule has 2 aromatic heterocycles. The van der Waals surface area contributed by atoms with E-state index in [1.54, 1.807) is 16.5 Å². The van der Waals surface area contributed by atoms with Gasteiger partial charge in [-0.1, -0.05) is 30.8 Å². The van der Waals surface area contributed by atoms with Gasteiger partial charge in [-0.15, -0.1) is 10.2 Å². The lowest BCUT2D eigenvalue weighted by Crippen LogP contribution is -2.06. The minimum atomic E-state index is -0.238. The molecule has 0 saturated heterocycles. The van der Waals surface area contributed by atoms with Gasteiger partial charge in [-0.25, -0.2) is 13.8 Å². The van der Waals surface area contributed by atoms with Gasteiger partial charge in [-0.2, -0.15) is 0 Å². The Morgan fingerprint density at radius 2 is 1.95 bits per heavy atom. The molecule has 0 radical (unpaired) electrons. The fraction of sp³-hybridized carbons (Fsp3) is 0.267. The first-order chi connectivity index (χ1) is 10.6. The number of hydrogen-bond acceptors (Lipinski definition) is 5. The first-order valence-corrected chi connectivity index (χ1v) is 7.96. The molecular formula is C15H16FN5S. The summed E-state index contributed by atoms with van der Waals surface area (Å²) in [6, 6.07) is 6.42. The van der Waals surface area contributed by atoms with Crippen LogP contribution >= 0.6 is 11.8 Å². The fourth-order valence-electron chi connectivity index (χ4n) is 2.36. The molecule has 0 amide bonds. The summed E-state index contributed by atoms with van der Waals surface area (Å²) < 4.78 is 14.7. The number of aryl methyl sites for hydroxylation is 2. The summed E-state index contributed by atoms with van der Waals surface area (Å²) in [6.45, 7) is 3.98. The Balaban J connectivity index is 1.93. The first kappa shape index (κ1) is 14.8. The third kappa shape index (κ3) is 2.64. The quantitative estimate of drug-likeness (QED) is 0.749. The molecule has 3 rings (SSSR count). The van der Waals surface area contributed by atoms with Gasteiger partial charge in [0.1, 0.15) is 5.82 Å². The molecule has 0 unspecified atom stereocenters. The fourth-order valence-corrected chi connectivity index (χ4v) is 3.25. The average molecular weight is 317 g/mol. The van der Waals surface area contributed by atoms with Crippen molar-refractivity contribution >= 4 is 23.4 Å². The molecule has 0 aliphatic heterocycles. The van der Waals surface area contributed by atoms with E-state index >= 15 is 0 Å². The number of fused-ring (bicyclic) bond motifs is 1. The maximum absolute atomic E-state index is 12.9. The Hall–Kier alpha value is -2.15. The number of thioether (sulfide) groups is 1. The second-order valence-corrected chi connectivity index (χ2v) is 5.89. The SMILES string of the molecule is CCc1c(C)nc(N)n2c(SCc3ccc(F)cc3)nnc12. The third-order valence-corrected chi connectivity index (χ3v) is 4.49. The Labute approximate surface area is 131 Å². The highest BCUT2D eigenvalue weighted by molar-refractivity contribution is 7.98. The number of anilines is 1. The van der Waals surface area contributed by atoms with E-state index < -0.39 is 0 Å². The van der Waals surface area contributed by atoms with E-state index in [1.807, 2.05) is 6.92 Å². The molecule has 0 aliphatic carbocycles. The smallest absolute Gasteiger partial charge is 0.208 e. The van der Waals surface area contributed by atoms with Crippen LogP contribution in [-0.2, 0) is 12.2 Å². The summed E-state index contributed by atoms with van der Waals surface area (Å²) in [4.78, 5) is 4.37. The molecule has 0 saturated carbocycles. The minimum absolute atomic E-state index is 0.238. The van der Waals surface area contributed by atoms with Gasteiger partial charge in [0.2, 0.25) is 5.95 Å². The minimum Gasteiger partial charge on any atom is -0.369 e. The van der Waals surface area contributed by atoms with Crippen LogP contribution in [0.4, 0.5) is 10.3 Å². The third-order valence-electron chi connectivity index (χ3n) is 3.49. The molecule has 7 heteroatoms. The molecular weight excluding hydrogens is 301 g/mol. The van der Waals surface area contributed by atoms with Gasteiger partial charge in [-0.05, 0) is 31.0 Å². The molecule has 22 heavy (non-hydrogen) atoms. The molecule has 2 N–H and O–H groups in total. The predicted octanol–water partition coefficient (Wildman–Crippen LogP) is 3.01. The van der Waals surface area contributed by atoms with Gasteiger partial charge in [0.25, 0.3) is 0 Å². The van der Waals surface area contributed by atoms with Crippen LogP contribution in [0.5, 0.6) is 0 Å². The maximum Gasteiger partial charge on any atom is 0.208 e. The number of nitrogens with zero attached hydrogens (tertiary/aromatic N) is 4. The molecule has 0 atom stereocenters. The zero-order chi connectivity index (χ0) is 15.7. The lowest BCUT2D eigenvalue weighted by Gasteiger charge is -2.08. The van der Waals surface area contributed by atoms with E-state index in [0.29, 0.717) is 16.9 Å². The van der Waals surface area contributed by atoms with Crippen molar-refractivity contribution < 1.29 is 4.39 Å². The normalized spacial score (nSPS) is 11.2. The van der Waals surface area contributed by atoms with Crippen molar-refractivity contribution in [2.24, 2.45) is 0 Å². The number of rotatable bonds is 4. The van der Waals surface area contributed by atoms with Crippen LogP contribution in [0.3, 0.4) is 0 Å². The summed E-state index contributed by atoms with van der Waals surface area (Å²) in [6.07, 6.45) is 0.823. The predicted molar refractivity (Wildman–Crippen MR) is 85.3 cm³/mol. The van der Waals surface area contributed by atoms with E-state index in [1.165, 1.54) is 23.9 Å². The van der Waals surface area contributed by atoms with E-state index in [0.717, 1.165) is 28.9 Å². The molecule has 5 nitrogen and oxygen atoms in total. The van der Waals surface area contributed by atoms with Crippen LogP contribution in [-0.4, -0.2) is 19.6 Å². The highest BCUT2D eigenvalue weighted by Crippen LogP contribution is 2.25. The second-order valence-electron chi connectivity index (χ2n) is 4.94. The number of halogens is 1. The first-order valence-electron chi connectivity index (χ1n) is 6.97. The van der Waals surface area contributed by atoms with Gasteiger partial charge in [0, 0.05) is 17.0 Å². The Kier molecular flexibility index (Phi) is 3.98. The average Bonchev–Trinajstić information content (AvgIpc) is 2.91. The highest BCUT2D eigenvalue weighted by Gasteiger charge is 2.15. The van der Waals surface area contributed by atoms with E-state index in [-0.39, 0.29) is 5.82 Å². The van der Waals surface area contributed by atoms with Gasteiger partial charge >= 0.3 is 0 Å². The van der Waals surface area contributed by atoms with Crippen LogP contribution in [0.2, 0.25) is 0 Å². The lowest BCUT2D eigenvalue weighted by atomic mass is 10.2. The van der Waals surface area contributed by atoms with Crippen molar-refractivity contribution in [3.63, 3.8) is 0 Å². The molecule has 0 aliphatic rings. The Morgan fingerprint density at radius 3 is 2.64 bits per heavy atom. The lowest BCUT2D eigenvalue weighted by molar-refractivity contribution is 0.627. The zero-order valence-corrected chi connectivity index (χ0v) is 13.2. The number of benzene rings is 1. The van der Waals surface area contributed by atoms with Crippen LogP contribution < -0.4 is 5.73 Å². The number of nitrogens with two attached hydrogens (primary N) is 1. The summed E-state index contributed by atoms with van der Waals surface area (Å²) in [5.74, 6) is 0.810. The second kappa shape index (κ2) is 5.92. The molecule has 1 aromatic carbocycles. The molecule has 0 fully saturated rings. The van der Waals surface area contributed by atoms with Gasteiger partial charge in [0.15, 0.2) is 10.8 Å². The zero-order valence-electron chi connectivity index (χ0n) is 12.4. The molecule has 2 heterocycles. The number of nitrogen functional groups attached to an aromatic ring is 1. The molecule has 0 bridgehead atoms. The van der Waals surface area contributed by atoms with Gasteiger partial charge in [0.05, 0.1) is 0 Å². The van der Waals surface area contributed by atoms with E-state index in [2.05, 4.69) is 22.1 Å². The molecule has 3 aromatic rings. The van der Waals surface area contributed by atoms with Crippen molar-refractivity contribution in [3.8, 4) is 0 Å². The Morgan fingerprint density at radius 1 is 1.23 bits per heavy atom. The van der Waals surface area contributed by atoms with Gasteiger partial charge < -0.3 is 5.73 Å². The van der Waals surface area contributed by atoms with Crippen molar-refractivity contribution in [1.29, 1.82) is 0 Å². The number of hydrogen-bond donors (Lipinski definition) is 1. The van der Waals surface area contributed by atoms with Crippen molar-refractivity contribution in [1.82, 2.24) is 19.6 Å². The Bertz CT molecular complexity index is 813. The summed E-state index contributed by atoms with van der Waals surface area (Å²) in [5.41, 5.74) is 9.73. The van der Waals surface area contributed by atoms with Crippen LogP contribution in [0.25, 0.3) is 5.65 Å². The molecule has 114 valence electrons. The van der Waals surface area contributed by atoms with Crippen LogP contribution in [0.15, 0.2) is 29.4 Å². The topological polar surface area (TPSA) is 69.1 Å². The monoisotopic (exact) mass is 317 g/mol. The summed E-state index contributed by atoms with van der Waals surface area (Å²) >= 11 is 1.50. The largest absolute Gasteiger partial charge is 0.369 e. The van der Waals surface area contributed by atoms with Crippen molar-refractivity contribution in [2.75, 3.05) is 5.73 Å². The summed E-state index contributed by atoms with van der Waals surface area (Å²) in [5, 5.41) is 9.16. The van der Waals surface area contributed by atoms with Crippen molar-refractivity contribution in [3.05, 3.63) is 46.9 Å². The van der Waals surface area contributed by atoms with E-state index in [9.17, 15) is 4.39 Å². The van der Waals surface area contributed by atoms with Crippen LogP contribution in [0, 0.1) is 12.7 Å². The van der Waals surface area contributed by atoms with Crippen molar-refractivity contribution in [2.45, 2.75) is 31.2 Å². The number of aromatic nitrogens is 4. The van der Waals surface area contributed by atoms with Gasteiger partial charge in [-0.3, -0.25) is 0 Å². The summed E-state index contributed by atoms with van der Waals surface area (Å²) in [7, 11) is 0. The maximum atomic E-state index is 12.9.